The molecule has 5 heteroatoms. The minimum Gasteiger partial charge on any atom is -0.467 e. The molecule has 0 saturated carbocycles. The highest BCUT2D eigenvalue weighted by molar-refractivity contribution is 5.87. The minimum absolute atomic E-state index is 0.200. The van der Waals surface area contributed by atoms with E-state index in [1.165, 1.54) is 7.11 Å². The molecule has 1 heterocycles. The normalized spacial score (nSPS) is 20.9. The summed E-state index contributed by atoms with van der Waals surface area (Å²) >= 11 is 0. The number of unbranched alkanes of at least 4 members (excludes halogenated alkanes) is 1. The van der Waals surface area contributed by atoms with Crippen LogP contribution in [0.4, 0.5) is 0 Å². The van der Waals surface area contributed by atoms with E-state index in [9.17, 15) is 9.59 Å². The average Bonchev–Trinajstić information content (AvgIpc) is 2.87. The van der Waals surface area contributed by atoms with Crippen LogP contribution in [0.15, 0.2) is 0 Å². The number of ether oxygens (including phenoxy) is 2. The zero-order valence-corrected chi connectivity index (χ0v) is 10.5. The third-order valence-electron chi connectivity index (χ3n) is 2.87. The molecule has 0 unspecified atom stereocenters. The van der Waals surface area contributed by atoms with E-state index in [-0.39, 0.29) is 11.9 Å². The molecular weight excluding hydrogens is 222 g/mol. The van der Waals surface area contributed by atoms with Crippen LogP contribution >= 0.6 is 0 Å². The van der Waals surface area contributed by atoms with Crippen molar-refractivity contribution in [3.63, 3.8) is 0 Å². The molecule has 0 aromatic carbocycles. The standard InChI is InChI=1S/C12H21NO4/c1-3-4-6-9(12(15)16-2)13-11(14)10-7-5-8-17-10/h9-10H,3-8H2,1-2H3,(H,13,14)/t9-,10-/m0/s1. The number of carbonyl (C=O) groups is 2. The molecular formula is C12H21NO4. The van der Waals surface area contributed by atoms with Gasteiger partial charge in [0.25, 0.3) is 0 Å². The van der Waals surface area contributed by atoms with Crippen LogP contribution in [0.5, 0.6) is 0 Å². The maximum absolute atomic E-state index is 11.8. The van der Waals surface area contributed by atoms with Gasteiger partial charge in [0.1, 0.15) is 12.1 Å². The number of esters is 1. The Kier molecular flexibility index (Phi) is 5.97. The zero-order valence-electron chi connectivity index (χ0n) is 10.5. The largest absolute Gasteiger partial charge is 0.467 e. The fraction of sp³-hybridized carbons (Fsp3) is 0.833. The number of carbonyl (C=O) groups excluding carboxylic acids is 2. The fourth-order valence-electron chi connectivity index (χ4n) is 1.85. The molecule has 1 aliphatic rings. The smallest absolute Gasteiger partial charge is 0.328 e. The zero-order chi connectivity index (χ0) is 12.7. The molecule has 2 atom stereocenters. The number of nitrogens with one attached hydrogen (secondary N) is 1. The summed E-state index contributed by atoms with van der Waals surface area (Å²) in [5.74, 6) is -0.584. The number of amides is 1. The van der Waals surface area contributed by atoms with Crippen molar-refractivity contribution in [3.8, 4) is 0 Å². The highest BCUT2D eigenvalue weighted by Gasteiger charge is 2.28. The van der Waals surface area contributed by atoms with Crippen molar-refractivity contribution >= 4 is 11.9 Å². The van der Waals surface area contributed by atoms with Gasteiger partial charge in [0.15, 0.2) is 0 Å². The highest BCUT2D eigenvalue weighted by atomic mass is 16.5. The van der Waals surface area contributed by atoms with Crippen LogP contribution < -0.4 is 5.32 Å². The highest BCUT2D eigenvalue weighted by Crippen LogP contribution is 2.13. The Hall–Kier alpha value is -1.10. The molecule has 0 aliphatic carbocycles. The van der Waals surface area contributed by atoms with Gasteiger partial charge < -0.3 is 14.8 Å². The molecule has 5 nitrogen and oxygen atoms in total. The summed E-state index contributed by atoms with van der Waals surface area (Å²) in [6.45, 7) is 2.66. The van der Waals surface area contributed by atoms with Crippen LogP contribution in [-0.2, 0) is 19.1 Å². The quantitative estimate of drug-likeness (QED) is 0.707. The number of rotatable bonds is 6. The van der Waals surface area contributed by atoms with Crippen LogP contribution in [0.3, 0.4) is 0 Å². The second-order valence-corrected chi connectivity index (χ2v) is 4.23. The molecule has 17 heavy (non-hydrogen) atoms. The lowest BCUT2D eigenvalue weighted by Crippen LogP contribution is -2.45. The Labute approximate surface area is 102 Å². The van der Waals surface area contributed by atoms with Crippen molar-refractivity contribution in [2.45, 2.75) is 51.2 Å². The molecule has 98 valence electrons. The summed E-state index contributed by atoms with van der Waals surface area (Å²) in [5, 5.41) is 2.71. The average molecular weight is 243 g/mol. The Balaban J connectivity index is 2.46. The molecule has 0 aromatic rings. The number of methoxy groups -OCH3 is 1. The fourth-order valence-corrected chi connectivity index (χ4v) is 1.85. The van der Waals surface area contributed by atoms with Crippen molar-refractivity contribution in [1.82, 2.24) is 5.32 Å². The van der Waals surface area contributed by atoms with Gasteiger partial charge in [0.2, 0.25) is 5.91 Å². The summed E-state index contributed by atoms with van der Waals surface area (Å²) in [6.07, 6.45) is 3.70. The molecule has 0 radical (unpaired) electrons. The first kappa shape index (κ1) is 14.0. The van der Waals surface area contributed by atoms with Gasteiger partial charge in [-0.15, -0.1) is 0 Å². The van der Waals surface area contributed by atoms with E-state index in [0.29, 0.717) is 13.0 Å². The Morgan fingerprint density at radius 2 is 2.29 bits per heavy atom. The van der Waals surface area contributed by atoms with Gasteiger partial charge in [0, 0.05) is 6.61 Å². The maximum Gasteiger partial charge on any atom is 0.328 e. The van der Waals surface area contributed by atoms with Crippen molar-refractivity contribution in [3.05, 3.63) is 0 Å². The van der Waals surface area contributed by atoms with Crippen molar-refractivity contribution in [2.24, 2.45) is 0 Å². The minimum atomic E-state index is -0.545. The second kappa shape index (κ2) is 7.27. The van der Waals surface area contributed by atoms with Crippen molar-refractivity contribution in [1.29, 1.82) is 0 Å². The van der Waals surface area contributed by atoms with Crippen LogP contribution in [0.1, 0.15) is 39.0 Å². The summed E-state index contributed by atoms with van der Waals surface area (Å²) in [5.41, 5.74) is 0. The third kappa shape index (κ3) is 4.34. The number of hydrogen-bond acceptors (Lipinski definition) is 4. The predicted octanol–water partition coefficient (Wildman–Crippen LogP) is 1.01. The molecule has 1 saturated heterocycles. The van der Waals surface area contributed by atoms with Crippen LogP contribution in [0.2, 0.25) is 0 Å². The molecule has 0 aromatic heterocycles. The van der Waals surface area contributed by atoms with Gasteiger partial charge in [-0.1, -0.05) is 19.8 Å². The van der Waals surface area contributed by atoms with E-state index in [0.717, 1.165) is 25.7 Å². The Morgan fingerprint density at radius 3 is 2.82 bits per heavy atom. The first-order valence-electron chi connectivity index (χ1n) is 6.18. The number of hydrogen-bond donors (Lipinski definition) is 1. The van der Waals surface area contributed by atoms with E-state index in [4.69, 9.17) is 4.74 Å². The van der Waals surface area contributed by atoms with E-state index >= 15 is 0 Å². The Morgan fingerprint density at radius 1 is 1.53 bits per heavy atom. The molecule has 0 spiro atoms. The van der Waals surface area contributed by atoms with Crippen LogP contribution in [0.25, 0.3) is 0 Å². The summed E-state index contributed by atoms with van der Waals surface area (Å²) in [4.78, 5) is 23.3. The Bertz CT molecular complexity index is 261. The molecule has 1 N–H and O–H groups in total. The van der Waals surface area contributed by atoms with Gasteiger partial charge in [-0.05, 0) is 19.3 Å². The van der Waals surface area contributed by atoms with Gasteiger partial charge in [-0.3, -0.25) is 4.79 Å². The second-order valence-electron chi connectivity index (χ2n) is 4.23. The molecule has 1 amide bonds. The summed E-state index contributed by atoms with van der Waals surface area (Å²) in [7, 11) is 1.33. The van der Waals surface area contributed by atoms with E-state index in [1.807, 2.05) is 6.92 Å². The topological polar surface area (TPSA) is 64.6 Å². The monoisotopic (exact) mass is 243 g/mol. The van der Waals surface area contributed by atoms with E-state index in [1.54, 1.807) is 0 Å². The van der Waals surface area contributed by atoms with Crippen molar-refractivity contribution < 1.29 is 19.1 Å². The van der Waals surface area contributed by atoms with Gasteiger partial charge >= 0.3 is 5.97 Å². The van der Waals surface area contributed by atoms with Gasteiger partial charge in [-0.2, -0.15) is 0 Å². The van der Waals surface area contributed by atoms with Gasteiger partial charge in [-0.25, -0.2) is 4.79 Å². The molecule has 1 aliphatic heterocycles. The lowest BCUT2D eigenvalue weighted by Gasteiger charge is -2.18. The molecule has 0 bridgehead atoms. The first-order chi connectivity index (χ1) is 8.19. The lowest BCUT2D eigenvalue weighted by atomic mass is 10.1. The van der Waals surface area contributed by atoms with E-state index in [2.05, 4.69) is 10.1 Å². The van der Waals surface area contributed by atoms with Crippen LogP contribution in [-0.4, -0.2) is 37.7 Å². The SMILES string of the molecule is CCCC[C@H](NC(=O)[C@@H]1CCCO1)C(=O)OC. The van der Waals surface area contributed by atoms with E-state index < -0.39 is 12.1 Å². The van der Waals surface area contributed by atoms with Gasteiger partial charge in [0.05, 0.1) is 7.11 Å². The van der Waals surface area contributed by atoms with Crippen LogP contribution in [0, 0.1) is 0 Å². The maximum atomic E-state index is 11.8. The predicted molar refractivity (Wildman–Crippen MR) is 62.4 cm³/mol. The van der Waals surface area contributed by atoms with Crippen molar-refractivity contribution in [2.75, 3.05) is 13.7 Å². The summed E-state index contributed by atoms with van der Waals surface area (Å²) in [6, 6.07) is -0.545. The molecule has 1 fully saturated rings. The molecule has 1 rings (SSSR count). The third-order valence-corrected chi connectivity index (χ3v) is 2.87. The lowest BCUT2D eigenvalue weighted by molar-refractivity contribution is -0.146. The first-order valence-corrected chi connectivity index (χ1v) is 6.18. The summed E-state index contributed by atoms with van der Waals surface area (Å²) < 4.78 is 9.95.